The Hall–Kier alpha value is -3.50. The average Bonchev–Trinajstić information content (AvgIpc) is 3.36. The molecule has 1 aliphatic heterocycles. The minimum atomic E-state index is -2.18. The molecule has 0 spiro atoms. The fraction of sp³-hybridized carbons (Fsp3) is 0.242. The normalized spacial score (nSPS) is 14.0. The third-order valence-electron chi connectivity index (χ3n) is 8.00. The molecule has 1 aliphatic rings. The van der Waals surface area contributed by atoms with E-state index >= 15 is 0 Å². The molecule has 2 heterocycles. The standard InChI is InChI=1S/C33H33FN2Si/c1-20(2)23-11-9-12-24(21(3)4)31(23)36-29-16-8-7-15-28(29)35-33(36)27-14-10-13-26-25-18-17-22(34)19-30(25)37(5,6)32(26)27/h7-21H,1-6H3. The second kappa shape index (κ2) is 8.52. The van der Waals surface area contributed by atoms with Crippen LogP contribution in [-0.4, -0.2) is 17.6 Å². The molecule has 6 rings (SSSR count). The van der Waals surface area contributed by atoms with E-state index in [2.05, 4.69) is 106 Å². The van der Waals surface area contributed by atoms with Gasteiger partial charge >= 0.3 is 0 Å². The molecule has 0 fully saturated rings. The molecular weight excluding hydrogens is 471 g/mol. The number of fused-ring (bicyclic) bond motifs is 4. The van der Waals surface area contributed by atoms with E-state index < -0.39 is 8.07 Å². The van der Waals surface area contributed by atoms with Crippen LogP contribution in [0.1, 0.15) is 50.7 Å². The van der Waals surface area contributed by atoms with Gasteiger partial charge in [-0.05, 0) is 68.7 Å². The highest BCUT2D eigenvalue weighted by Crippen LogP contribution is 2.39. The zero-order chi connectivity index (χ0) is 26.1. The van der Waals surface area contributed by atoms with Gasteiger partial charge in [-0.15, -0.1) is 0 Å². The Balaban J connectivity index is 1.74. The molecular formula is C33H33FN2Si. The third kappa shape index (κ3) is 3.53. The number of rotatable bonds is 4. The van der Waals surface area contributed by atoms with Crippen LogP contribution >= 0.6 is 0 Å². The molecule has 0 N–H and O–H groups in total. The van der Waals surface area contributed by atoms with Gasteiger partial charge in [-0.3, -0.25) is 4.57 Å². The first-order chi connectivity index (χ1) is 17.7. The molecule has 0 unspecified atom stereocenters. The van der Waals surface area contributed by atoms with Crippen molar-refractivity contribution >= 4 is 29.5 Å². The second-order valence-electron chi connectivity index (χ2n) is 11.4. The second-order valence-corrected chi connectivity index (χ2v) is 15.7. The van der Waals surface area contributed by atoms with Gasteiger partial charge in [-0.25, -0.2) is 9.37 Å². The first kappa shape index (κ1) is 23.9. The Bertz CT molecular complexity index is 1650. The van der Waals surface area contributed by atoms with Crippen LogP contribution in [0, 0.1) is 5.82 Å². The molecule has 1 aromatic heterocycles. The van der Waals surface area contributed by atoms with Crippen molar-refractivity contribution in [3.63, 3.8) is 0 Å². The van der Waals surface area contributed by atoms with Crippen LogP contribution in [0.2, 0.25) is 13.1 Å². The number of benzene rings is 4. The molecule has 2 nitrogen and oxygen atoms in total. The van der Waals surface area contributed by atoms with Crippen LogP contribution in [0.5, 0.6) is 0 Å². The van der Waals surface area contributed by atoms with Crippen LogP contribution in [0.3, 0.4) is 0 Å². The van der Waals surface area contributed by atoms with Crippen molar-refractivity contribution in [3.05, 3.63) is 95.8 Å². The van der Waals surface area contributed by atoms with E-state index in [4.69, 9.17) is 4.98 Å². The molecule has 5 aromatic rings. The van der Waals surface area contributed by atoms with Crippen molar-refractivity contribution in [1.82, 2.24) is 9.55 Å². The van der Waals surface area contributed by atoms with Crippen molar-refractivity contribution in [2.45, 2.75) is 52.6 Å². The van der Waals surface area contributed by atoms with Gasteiger partial charge in [0.15, 0.2) is 0 Å². The zero-order valence-electron chi connectivity index (χ0n) is 22.4. The quantitative estimate of drug-likeness (QED) is 0.228. The van der Waals surface area contributed by atoms with E-state index in [1.807, 2.05) is 6.07 Å². The predicted octanol–water partition coefficient (Wildman–Crippen LogP) is 7.88. The van der Waals surface area contributed by atoms with Crippen LogP contribution in [0.25, 0.3) is 39.2 Å². The summed E-state index contributed by atoms with van der Waals surface area (Å²) in [6.45, 7) is 13.8. The smallest absolute Gasteiger partial charge is 0.145 e. The molecule has 0 radical (unpaired) electrons. The molecule has 0 amide bonds. The first-order valence-corrected chi connectivity index (χ1v) is 16.2. The summed E-state index contributed by atoms with van der Waals surface area (Å²) < 4.78 is 16.8. The fourth-order valence-corrected chi connectivity index (χ4v) is 9.66. The summed E-state index contributed by atoms with van der Waals surface area (Å²) in [5.41, 5.74) is 9.56. The lowest BCUT2D eigenvalue weighted by molar-refractivity contribution is 0.629. The van der Waals surface area contributed by atoms with Crippen molar-refractivity contribution in [1.29, 1.82) is 0 Å². The van der Waals surface area contributed by atoms with Gasteiger partial charge in [-0.2, -0.15) is 0 Å². The van der Waals surface area contributed by atoms with Crippen LogP contribution in [0.4, 0.5) is 4.39 Å². The maximum Gasteiger partial charge on any atom is 0.145 e. The molecule has 37 heavy (non-hydrogen) atoms. The van der Waals surface area contributed by atoms with Gasteiger partial charge in [0.2, 0.25) is 0 Å². The summed E-state index contributed by atoms with van der Waals surface area (Å²) in [5.74, 6) is 1.54. The molecule has 186 valence electrons. The fourth-order valence-electron chi connectivity index (χ4n) is 6.24. The average molecular weight is 505 g/mol. The minimum absolute atomic E-state index is 0.159. The lowest BCUT2D eigenvalue weighted by atomic mass is 9.92. The van der Waals surface area contributed by atoms with Gasteiger partial charge < -0.3 is 0 Å². The summed E-state index contributed by atoms with van der Waals surface area (Å²) in [7, 11) is -2.18. The maximum absolute atomic E-state index is 14.4. The molecule has 4 heteroatoms. The highest BCUT2D eigenvalue weighted by molar-refractivity contribution is 7.04. The molecule has 0 bridgehead atoms. The Morgan fingerprint density at radius 1 is 0.730 bits per heavy atom. The van der Waals surface area contributed by atoms with Gasteiger partial charge in [0.25, 0.3) is 0 Å². The highest BCUT2D eigenvalue weighted by atomic mass is 28.3. The summed E-state index contributed by atoms with van der Waals surface area (Å²) in [6.07, 6.45) is 0. The first-order valence-electron chi connectivity index (χ1n) is 13.2. The van der Waals surface area contributed by atoms with Crippen molar-refractivity contribution in [2.24, 2.45) is 0 Å². The van der Waals surface area contributed by atoms with Crippen molar-refractivity contribution in [3.8, 4) is 28.2 Å². The number of halogens is 1. The Morgan fingerprint density at radius 2 is 1.38 bits per heavy atom. The monoisotopic (exact) mass is 504 g/mol. The van der Waals surface area contributed by atoms with E-state index in [1.165, 1.54) is 38.3 Å². The number of hydrogen-bond donors (Lipinski definition) is 0. The summed E-state index contributed by atoms with van der Waals surface area (Å²) in [6, 6.07) is 27.0. The number of nitrogens with zero attached hydrogens (tertiary/aromatic N) is 2. The largest absolute Gasteiger partial charge is 0.292 e. The van der Waals surface area contributed by atoms with Gasteiger partial charge in [0.05, 0.1) is 16.7 Å². The van der Waals surface area contributed by atoms with Gasteiger partial charge in [0, 0.05) is 5.56 Å². The van der Waals surface area contributed by atoms with E-state index in [0.29, 0.717) is 11.8 Å². The van der Waals surface area contributed by atoms with Crippen LogP contribution < -0.4 is 10.4 Å². The summed E-state index contributed by atoms with van der Waals surface area (Å²) in [4.78, 5) is 5.29. The SMILES string of the molecule is CC(C)c1cccc(C(C)C)c1-n1c(-c2cccc3c2[Si](C)(C)c2cc(F)ccc2-3)nc2ccccc21. The highest BCUT2D eigenvalue weighted by Gasteiger charge is 2.40. The number of hydrogen-bond acceptors (Lipinski definition) is 1. The minimum Gasteiger partial charge on any atom is -0.292 e. The zero-order valence-corrected chi connectivity index (χ0v) is 23.4. The Labute approximate surface area is 219 Å². The maximum atomic E-state index is 14.4. The van der Waals surface area contributed by atoms with E-state index in [0.717, 1.165) is 22.4 Å². The topological polar surface area (TPSA) is 17.8 Å². The number of imidazole rings is 1. The molecule has 0 atom stereocenters. The summed E-state index contributed by atoms with van der Waals surface area (Å²) in [5, 5.41) is 2.52. The van der Waals surface area contributed by atoms with Crippen molar-refractivity contribution < 1.29 is 4.39 Å². The number of aromatic nitrogens is 2. The van der Waals surface area contributed by atoms with Gasteiger partial charge in [-0.1, -0.05) is 95.4 Å². The van der Waals surface area contributed by atoms with E-state index in [-0.39, 0.29) is 5.82 Å². The summed E-state index contributed by atoms with van der Waals surface area (Å²) >= 11 is 0. The number of para-hydroxylation sites is 3. The van der Waals surface area contributed by atoms with E-state index in [1.54, 1.807) is 12.1 Å². The molecule has 0 saturated carbocycles. The van der Waals surface area contributed by atoms with E-state index in [9.17, 15) is 4.39 Å². The lowest BCUT2D eigenvalue weighted by Crippen LogP contribution is -2.50. The molecule has 0 saturated heterocycles. The Kier molecular flexibility index (Phi) is 5.50. The molecule has 4 aromatic carbocycles. The molecule has 0 aliphatic carbocycles. The van der Waals surface area contributed by atoms with Crippen LogP contribution in [-0.2, 0) is 0 Å². The van der Waals surface area contributed by atoms with Crippen molar-refractivity contribution in [2.75, 3.05) is 0 Å². The lowest BCUT2D eigenvalue weighted by Gasteiger charge is -2.25. The van der Waals surface area contributed by atoms with Gasteiger partial charge in [0.1, 0.15) is 19.7 Å². The third-order valence-corrected chi connectivity index (χ3v) is 11.6. The Morgan fingerprint density at radius 3 is 2.08 bits per heavy atom. The predicted molar refractivity (Wildman–Crippen MR) is 157 cm³/mol. The van der Waals surface area contributed by atoms with Crippen LogP contribution in [0.15, 0.2) is 78.9 Å².